The van der Waals surface area contributed by atoms with Crippen molar-refractivity contribution in [2.75, 3.05) is 6.54 Å². The molecule has 1 amide bonds. The molecule has 2 N–H and O–H groups in total. The number of rotatable bonds is 3. The van der Waals surface area contributed by atoms with E-state index in [0.717, 1.165) is 12.1 Å². The third-order valence-electron chi connectivity index (χ3n) is 2.74. The van der Waals surface area contributed by atoms with Crippen LogP contribution in [-0.2, 0) is 11.0 Å². The molecular weight excluding hydrogens is 271 g/mol. The van der Waals surface area contributed by atoms with E-state index in [9.17, 15) is 23.1 Å². The Morgan fingerprint density at radius 2 is 1.90 bits per heavy atom. The van der Waals surface area contributed by atoms with Gasteiger partial charge in [0.15, 0.2) is 0 Å². The van der Waals surface area contributed by atoms with Crippen LogP contribution in [-0.4, -0.2) is 17.6 Å². The van der Waals surface area contributed by atoms with Gasteiger partial charge in [-0.15, -0.1) is 0 Å². The number of halogens is 3. The van der Waals surface area contributed by atoms with E-state index in [2.05, 4.69) is 5.32 Å². The molecule has 0 aliphatic carbocycles. The maximum absolute atomic E-state index is 12.6. The number of carbonyl (C=O) groups excluding carboxylic acids is 1. The number of hydrogen-bond donors (Lipinski definition) is 2. The van der Waals surface area contributed by atoms with Crippen LogP contribution < -0.4 is 5.32 Å². The number of aliphatic hydroxyl groups excluding tert-OH is 1. The predicted octanol–water partition coefficient (Wildman–Crippen LogP) is 2.90. The van der Waals surface area contributed by atoms with Gasteiger partial charge in [0.25, 0.3) is 0 Å². The van der Waals surface area contributed by atoms with E-state index in [1.807, 2.05) is 0 Å². The van der Waals surface area contributed by atoms with Crippen molar-refractivity contribution in [3.8, 4) is 0 Å². The molecule has 0 saturated carbocycles. The Morgan fingerprint density at radius 1 is 1.30 bits per heavy atom. The minimum Gasteiger partial charge on any atom is -0.387 e. The molecule has 0 fully saturated rings. The molecule has 0 aliphatic rings. The van der Waals surface area contributed by atoms with Crippen LogP contribution in [0.1, 0.15) is 38.0 Å². The van der Waals surface area contributed by atoms with E-state index in [1.165, 1.54) is 12.1 Å². The summed E-state index contributed by atoms with van der Waals surface area (Å²) in [7, 11) is 0. The summed E-state index contributed by atoms with van der Waals surface area (Å²) in [5, 5.41) is 12.4. The lowest BCUT2D eigenvalue weighted by molar-refractivity contribution is -0.137. The Balaban J connectivity index is 2.74. The van der Waals surface area contributed by atoms with E-state index in [1.54, 1.807) is 20.8 Å². The molecule has 0 aliphatic heterocycles. The van der Waals surface area contributed by atoms with Gasteiger partial charge in [-0.05, 0) is 17.7 Å². The summed E-state index contributed by atoms with van der Waals surface area (Å²) in [4.78, 5) is 11.6. The molecule has 0 radical (unpaired) electrons. The third-order valence-corrected chi connectivity index (χ3v) is 2.74. The van der Waals surface area contributed by atoms with Crippen LogP contribution in [0.2, 0.25) is 0 Å². The molecule has 0 saturated heterocycles. The molecule has 1 rings (SSSR count). The fraction of sp³-hybridized carbons (Fsp3) is 0.500. The highest BCUT2D eigenvalue weighted by molar-refractivity contribution is 5.81. The van der Waals surface area contributed by atoms with Crippen molar-refractivity contribution in [1.29, 1.82) is 0 Å². The highest BCUT2D eigenvalue weighted by Crippen LogP contribution is 2.30. The molecule has 1 aromatic carbocycles. The Kier molecular flexibility index (Phi) is 4.81. The van der Waals surface area contributed by atoms with Gasteiger partial charge in [-0.25, -0.2) is 0 Å². The van der Waals surface area contributed by atoms with E-state index >= 15 is 0 Å². The molecular formula is C14H18F3NO2. The zero-order valence-corrected chi connectivity index (χ0v) is 11.6. The molecule has 112 valence electrons. The van der Waals surface area contributed by atoms with Crippen LogP contribution in [0.25, 0.3) is 0 Å². The van der Waals surface area contributed by atoms with Gasteiger partial charge in [0.1, 0.15) is 0 Å². The summed E-state index contributed by atoms with van der Waals surface area (Å²) < 4.78 is 37.7. The van der Waals surface area contributed by atoms with Crippen LogP contribution in [0.15, 0.2) is 24.3 Å². The lowest BCUT2D eigenvalue weighted by atomic mass is 9.95. The maximum atomic E-state index is 12.6. The second-order valence-corrected chi connectivity index (χ2v) is 5.60. The fourth-order valence-electron chi connectivity index (χ4n) is 1.49. The average Bonchev–Trinajstić information content (AvgIpc) is 2.33. The monoisotopic (exact) mass is 289 g/mol. The minimum atomic E-state index is -4.45. The number of carbonyl (C=O) groups is 1. The molecule has 20 heavy (non-hydrogen) atoms. The molecule has 6 heteroatoms. The average molecular weight is 289 g/mol. The van der Waals surface area contributed by atoms with Crippen molar-refractivity contribution in [2.24, 2.45) is 5.41 Å². The van der Waals surface area contributed by atoms with Gasteiger partial charge in [0.2, 0.25) is 5.91 Å². The number of amides is 1. The smallest absolute Gasteiger partial charge is 0.387 e. The topological polar surface area (TPSA) is 49.3 Å². The minimum absolute atomic E-state index is 0.119. The maximum Gasteiger partial charge on any atom is 0.416 e. The van der Waals surface area contributed by atoms with Gasteiger partial charge in [0.05, 0.1) is 11.7 Å². The first-order valence-corrected chi connectivity index (χ1v) is 6.15. The normalized spacial score (nSPS) is 13.9. The third kappa shape index (κ3) is 4.52. The van der Waals surface area contributed by atoms with Crippen LogP contribution in [0.3, 0.4) is 0 Å². The standard InChI is InChI=1S/C14H18F3NO2/c1-13(2,3)12(20)18-8-11(19)9-5-4-6-10(7-9)14(15,16)17/h4-7,11,19H,8H2,1-3H3,(H,18,20). The second-order valence-electron chi connectivity index (χ2n) is 5.60. The summed E-state index contributed by atoms with van der Waals surface area (Å²) in [6.45, 7) is 4.99. The predicted molar refractivity (Wildman–Crippen MR) is 68.9 cm³/mol. The molecule has 0 heterocycles. The lowest BCUT2D eigenvalue weighted by Crippen LogP contribution is -2.37. The van der Waals surface area contributed by atoms with Crippen molar-refractivity contribution < 1.29 is 23.1 Å². The largest absolute Gasteiger partial charge is 0.416 e. The highest BCUT2D eigenvalue weighted by Gasteiger charge is 2.31. The number of alkyl halides is 3. The summed E-state index contributed by atoms with van der Waals surface area (Å²) >= 11 is 0. The lowest BCUT2D eigenvalue weighted by Gasteiger charge is -2.20. The molecule has 0 bridgehead atoms. The first-order valence-electron chi connectivity index (χ1n) is 6.15. The van der Waals surface area contributed by atoms with Gasteiger partial charge < -0.3 is 10.4 Å². The highest BCUT2D eigenvalue weighted by atomic mass is 19.4. The summed E-state index contributed by atoms with van der Waals surface area (Å²) in [6, 6.07) is 4.44. The van der Waals surface area contributed by atoms with E-state index in [4.69, 9.17) is 0 Å². The van der Waals surface area contributed by atoms with Crippen molar-refractivity contribution >= 4 is 5.91 Å². The molecule has 1 unspecified atom stereocenters. The first-order chi connectivity index (χ1) is 9.01. The Labute approximate surface area is 115 Å². The van der Waals surface area contributed by atoms with Crippen LogP contribution in [0.5, 0.6) is 0 Å². The van der Waals surface area contributed by atoms with Crippen LogP contribution in [0.4, 0.5) is 13.2 Å². The molecule has 1 atom stereocenters. The number of hydrogen-bond acceptors (Lipinski definition) is 2. The Hall–Kier alpha value is -1.56. The Morgan fingerprint density at radius 3 is 2.40 bits per heavy atom. The van der Waals surface area contributed by atoms with E-state index in [0.29, 0.717) is 0 Å². The van der Waals surface area contributed by atoms with Crippen LogP contribution >= 0.6 is 0 Å². The van der Waals surface area contributed by atoms with Crippen molar-refractivity contribution in [3.05, 3.63) is 35.4 Å². The number of aliphatic hydroxyl groups is 1. The van der Waals surface area contributed by atoms with Crippen molar-refractivity contribution in [3.63, 3.8) is 0 Å². The summed E-state index contributed by atoms with van der Waals surface area (Å²) in [5.41, 5.74) is -1.32. The molecule has 0 aromatic heterocycles. The van der Waals surface area contributed by atoms with E-state index < -0.39 is 23.3 Å². The van der Waals surface area contributed by atoms with Gasteiger partial charge >= 0.3 is 6.18 Å². The zero-order chi connectivity index (χ0) is 15.6. The van der Waals surface area contributed by atoms with Gasteiger partial charge in [-0.2, -0.15) is 13.2 Å². The molecule has 0 spiro atoms. The Bertz CT molecular complexity index is 478. The van der Waals surface area contributed by atoms with Gasteiger partial charge in [0, 0.05) is 12.0 Å². The van der Waals surface area contributed by atoms with Crippen molar-refractivity contribution in [1.82, 2.24) is 5.32 Å². The van der Waals surface area contributed by atoms with Crippen molar-refractivity contribution in [2.45, 2.75) is 33.1 Å². The second kappa shape index (κ2) is 5.83. The van der Waals surface area contributed by atoms with Gasteiger partial charge in [-0.3, -0.25) is 4.79 Å². The van der Waals surface area contributed by atoms with Crippen LogP contribution in [0, 0.1) is 5.41 Å². The number of benzene rings is 1. The first kappa shape index (κ1) is 16.5. The summed E-state index contributed by atoms with van der Waals surface area (Å²) in [5.74, 6) is -0.275. The fourth-order valence-corrected chi connectivity index (χ4v) is 1.49. The van der Waals surface area contributed by atoms with E-state index in [-0.39, 0.29) is 18.0 Å². The molecule has 1 aromatic rings. The molecule has 3 nitrogen and oxygen atoms in total. The summed E-state index contributed by atoms with van der Waals surface area (Å²) in [6.07, 6.45) is -5.63. The SMILES string of the molecule is CC(C)(C)C(=O)NCC(O)c1cccc(C(F)(F)F)c1. The number of nitrogens with one attached hydrogen (secondary N) is 1. The quantitative estimate of drug-likeness (QED) is 0.899. The zero-order valence-electron chi connectivity index (χ0n) is 11.6. The van der Waals surface area contributed by atoms with Gasteiger partial charge in [-0.1, -0.05) is 32.9 Å².